The van der Waals surface area contributed by atoms with E-state index in [9.17, 15) is 4.79 Å². The predicted molar refractivity (Wildman–Crippen MR) is 71.6 cm³/mol. The molecule has 0 aromatic heterocycles. The molecule has 1 atom stereocenters. The maximum atomic E-state index is 11.9. The van der Waals surface area contributed by atoms with E-state index < -0.39 is 0 Å². The first-order valence-electron chi connectivity index (χ1n) is 6.57. The zero-order valence-electron chi connectivity index (χ0n) is 11.3. The van der Waals surface area contributed by atoms with Crippen LogP contribution in [0.3, 0.4) is 0 Å². The lowest BCUT2D eigenvalue weighted by atomic mass is 9.85. The van der Waals surface area contributed by atoms with Gasteiger partial charge in [-0.05, 0) is 50.8 Å². The molecule has 3 heteroatoms. The molecule has 1 aliphatic heterocycles. The number of ether oxygens (including phenoxy) is 1. The summed E-state index contributed by atoms with van der Waals surface area (Å²) in [5.74, 6) is -0.224. The molecule has 0 bridgehead atoms. The molecule has 1 unspecified atom stereocenters. The minimum absolute atomic E-state index is 0.00526. The molecule has 98 valence electrons. The van der Waals surface area contributed by atoms with Crippen molar-refractivity contribution >= 4 is 5.97 Å². The Morgan fingerprint density at radius 3 is 2.78 bits per heavy atom. The number of cyclic esters (lactones) is 1. The van der Waals surface area contributed by atoms with E-state index in [4.69, 9.17) is 10.5 Å². The Hall–Kier alpha value is -1.51. The highest BCUT2D eigenvalue weighted by Gasteiger charge is 2.54. The molecule has 0 aromatic carbocycles. The van der Waals surface area contributed by atoms with Gasteiger partial charge in [0.2, 0.25) is 0 Å². The summed E-state index contributed by atoms with van der Waals surface area (Å²) in [5, 5.41) is 0. The van der Waals surface area contributed by atoms with Crippen molar-refractivity contribution in [3.63, 3.8) is 0 Å². The summed E-state index contributed by atoms with van der Waals surface area (Å²) in [5.41, 5.74) is 8.44. The largest absolute Gasteiger partial charge is 0.458 e. The van der Waals surface area contributed by atoms with Crippen molar-refractivity contribution in [3.8, 4) is 0 Å². The van der Waals surface area contributed by atoms with E-state index in [1.807, 2.05) is 26.8 Å². The second-order valence-electron chi connectivity index (χ2n) is 5.19. The third-order valence-corrected chi connectivity index (χ3v) is 4.10. The third-order valence-electron chi connectivity index (χ3n) is 4.10. The van der Waals surface area contributed by atoms with Crippen molar-refractivity contribution in [2.75, 3.05) is 0 Å². The Labute approximate surface area is 108 Å². The van der Waals surface area contributed by atoms with Gasteiger partial charge in [0.1, 0.15) is 6.10 Å². The average molecular weight is 247 g/mol. The molecule has 3 nitrogen and oxygen atoms in total. The second kappa shape index (κ2) is 4.63. The lowest BCUT2D eigenvalue weighted by molar-refractivity contribution is -0.147. The quantitative estimate of drug-likeness (QED) is 0.616. The van der Waals surface area contributed by atoms with Crippen molar-refractivity contribution in [2.24, 2.45) is 11.1 Å². The van der Waals surface area contributed by atoms with Gasteiger partial charge in [0.15, 0.2) is 0 Å². The van der Waals surface area contributed by atoms with E-state index in [1.54, 1.807) is 12.2 Å². The zero-order valence-corrected chi connectivity index (χ0v) is 11.3. The van der Waals surface area contributed by atoms with Crippen molar-refractivity contribution in [3.05, 3.63) is 35.1 Å². The fourth-order valence-corrected chi connectivity index (χ4v) is 2.66. The molecule has 0 aromatic rings. The van der Waals surface area contributed by atoms with Crippen LogP contribution < -0.4 is 5.73 Å². The minimum atomic E-state index is -0.224. The third kappa shape index (κ3) is 2.09. The molecule has 2 rings (SSSR count). The molecule has 1 spiro atoms. The van der Waals surface area contributed by atoms with Gasteiger partial charge in [0.25, 0.3) is 0 Å². The van der Waals surface area contributed by atoms with Crippen LogP contribution in [0, 0.1) is 5.41 Å². The summed E-state index contributed by atoms with van der Waals surface area (Å²) in [6.07, 6.45) is 8.64. The smallest absolute Gasteiger partial charge is 0.338 e. The van der Waals surface area contributed by atoms with Gasteiger partial charge in [-0.1, -0.05) is 13.0 Å². The van der Waals surface area contributed by atoms with Gasteiger partial charge >= 0.3 is 5.97 Å². The predicted octanol–water partition coefficient (Wildman–Crippen LogP) is 2.84. The number of hydrogen-bond acceptors (Lipinski definition) is 3. The Morgan fingerprint density at radius 2 is 2.22 bits per heavy atom. The van der Waals surface area contributed by atoms with Crippen LogP contribution in [-0.4, -0.2) is 12.1 Å². The van der Waals surface area contributed by atoms with E-state index in [2.05, 4.69) is 0 Å². The highest BCUT2D eigenvalue weighted by atomic mass is 16.5. The summed E-state index contributed by atoms with van der Waals surface area (Å²) in [7, 11) is 0. The molecule has 2 N–H and O–H groups in total. The van der Waals surface area contributed by atoms with Crippen LogP contribution in [-0.2, 0) is 9.53 Å². The van der Waals surface area contributed by atoms with Gasteiger partial charge < -0.3 is 10.5 Å². The molecule has 1 fully saturated rings. The molecule has 0 saturated heterocycles. The molecule has 1 heterocycles. The number of rotatable bonds is 3. The number of carbonyl (C=O) groups excluding carboxylic acids is 1. The maximum Gasteiger partial charge on any atom is 0.338 e. The molecule has 0 amide bonds. The molecular weight excluding hydrogens is 226 g/mol. The van der Waals surface area contributed by atoms with Gasteiger partial charge in [0, 0.05) is 11.1 Å². The molecule has 18 heavy (non-hydrogen) atoms. The number of esters is 1. The van der Waals surface area contributed by atoms with Gasteiger partial charge in [0.05, 0.1) is 5.57 Å². The monoisotopic (exact) mass is 247 g/mol. The summed E-state index contributed by atoms with van der Waals surface area (Å²) in [6, 6.07) is 0. The van der Waals surface area contributed by atoms with E-state index >= 15 is 0 Å². The minimum Gasteiger partial charge on any atom is -0.458 e. The number of allylic oxidation sites excluding steroid dienone is 2. The number of hydrogen-bond donors (Lipinski definition) is 1. The first-order chi connectivity index (χ1) is 8.51. The van der Waals surface area contributed by atoms with E-state index in [1.165, 1.54) is 0 Å². The summed E-state index contributed by atoms with van der Waals surface area (Å²) in [6.45, 7) is 6.06. The van der Waals surface area contributed by atoms with Gasteiger partial charge in [-0.2, -0.15) is 0 Å². The van der Waals surface area contributed by atoms with Gasteiger partial charge in [-0.3, -0.25) is 0 Å². The normalized spacial score (nSPS) is 26.9. The Morgan fingerprint density at radius 1 is 1.56 bits per heavy atom. The van der Waals surface area contributed by atoms with Crippen LogP contribution in [0.1, 0.15) is 40.0 Å². The highest BCUT2D eigenvalue weighted by molar-refractivity contribution is 5.94. The first-order valence-corrected chi connectivity index (χ1v) is 6.57. The molecular formula is C15H21NO2. The number of carbonyl (C=O) groups is 1. The standard InChI is InChI=1S/C15H21NO2/c1-4-5-12(16)6-7-13-10(2)15(8-9-15)11(3)18-14(13)17/h5-7,11H,4,8-9,16H2,1-3H3/b7-6-,12-5-. The van der Waals surface area contributed by atoms with Crippen LogP contribution in [0.4, 0.5) is 0 Å². The highest BCUT2D eigenvalue weighted by Crippen LogP contribution is 2.58. The van der Waals surface area contributed by atoms with Crippen LogP contribution in [0.25, 0.3) is 0 Å². The van der Waals surface area contributed by atoms with E-state index in [-0.39, 0.29) is 17.5 Å². The summed E-state index contributed by atoms with van der Waals surface area (Å²) >= 11 is 0. The zero-order chi connectivity index (χ0) is 13.3. The fraction of sp³-hybridized carbons (Fsp3) is 0.533. The van der Waals surface area contributed by atoms with Gasteiger partial charge in [-0.25, -0.2) is 4.79 Å². The van der Waals surface area contributed by atoms with Crippen molar-refractivity contribution in [1.82, 2.24) is 0 Å². The van der Waals surface area contributed by atoms with Crippen LogP contribution in [0.5, 0.6) is 0 Å². The van der Waals surface area contributed by atoms with E-state index in [0.717, 1.165) is 24.8 Å². The van der Waals surface area contributed by atoms with Crippen LogP contribution >= 0.6 is 0 Å². The fourth-order valence-electron chi connectivity index (χ4n) is 2.66. The number of nitrogens with two attached hydrogens (primary N) is 1. The maximum absolute atomic E-state index is 11.9. The molecule has 1 aliphatic carbocycles. The van der Waals surface area contributed by atoms with Crippen molar-refractivity contribution < 1.29 is 9.53 Å². The Balaban J connectivity index is 2.28. The Kier molecular flexibility index (Phi) is 3.33. The Bertz CT molecular complexity index is 453. The van der Waals surface area contributed by atoms with Crippen LogP contribution in [0.2, 0.25) is 0 Å². The van der Waals surface area contributed by atoms with Crippen LogP contribution in [0.15, 0.2) is 35.1 Å². The molecule has 2 aliphatic rings. The SMILES string of the molecule is CC/C=C(N)/C=C\C1=C(C)C2(CC2)C(C)OC1=O. The summed E-state index contributed by atoms with van der Waals surface area (Å²) in [4.78, 5) is 11.9. The van der Waals surface area contributed by atoms with E-state index in [0.29, 0.717) is 11.3 Å². The van der Waals surface area contributed by atoms with Crippen molar-refractivity contribution in [1.29, 1.82) is 0 Å². The van der Waals surface area contributed by atoms with Gasteiger partial charge in [-0.15, -0.1) is 0 Å². The molecule has 1 saturated carbocycles. The lowest BCUT2D eigenvalue weighted by Gasteiger charge is -2.31. The first kappa shape index (κ1) is 12.9. The summed E-state index contributed by atoms with van der Waals surface area (Å²) < 4.78 is 5.43. The second-order valence-corrected chi connectivity index (χ2v) is 5.19. The lowest BCUT2D eigenvalue weighted by Crippen LogP contribution is -2.33. The topological polar surface area (TPSA) is 52.3 Å². The average Bonchev–Trinajstić information content (AvgIpc) is 3.08. The van der Waals surface area contributed by atoms with Crippen molar-refractivity contribution in [2.45, 2.75) is 46.1 Å². The molecule has 0 radical (unpaired) electrons.